The molecule has 0 unspecified atom stereocenters. The Morgan fingerprint density at radius 2 is 1.92 bits per heavy atom. The van der Waals surface area contributed by atoms with Crippen molar-refractivity contribution in [3.8, 4) is 0 Å². The topological polar surface area (TPSA) is 18.5 Å². The lowest BCUT2D eigenvalue weighted by Crippen LogP contribution is -1.93. The van der Waals surface area contributed by atoms with E-state index in [1.54, 1.807) is 14.2 Å². The molecule has 2 heteroatoms. The number of ether oxygens (including phenoxy) is 2. The van der Waals surface area contributed by atoms with E-state index >= 15 is 0 Å². The van der Waals surface area contributed by atoms with Gasteiger partial charge < -0.3 is 9.47 Å². The van der Waals surface area contributed by atoms with E-state index in [2.05, 4.69) is 13.0 Å². The number of rotatable bonds is 2. The van der Waals surface area contributed by atoms with Crippen molar-refractivity contribution in [1.29, 1.82) is 0 Å². The van der Waals surface area contributed by atoms with Crippen LogP contribution in [0.15, 0.2) is 23.2 Å². The highest BCUT2D eigenvalue weighted by molar-refractivity contribution is 5.22. The third kappa shape index (κ3) is 2.03. The molecule has 0 saturated heterocycles. The third-order valence-electron chi connectivity index (χ3n) is 2.09. The summed E-state index contributed by atoms with van der Waals surface area (Å²) >= 11 is 0. The maximum atomic E-state index is 5.23. The van der Waals surface area contributed by atoms with Crippen LogP contribution in [0.5, 0.6) is 0 Å². The largest absolute Gasteiger partial charge is 0.497 e. The fraction of sp³-hybridized carbons (Fsp3) is 0.600. The molecule has 1 aliphatic carbocycles. The van der Waals surface area contributed by atoms with Gasteiger partial charge in [-0.25, -0.2) is 0 Å². The van der Waals surface area contributed by atoms with Crippen LogP contribution in [0, 0.1) is 0 Å². The molecular formula is C10H16O2. The lowest BCUT2D eigenvalue weighted by Gasteiger charge is -2.07. The zero-order valence-corrected chi connectivity index (χ0v) is 8.02. The lowest BCUT2D eigenvalue weighted by atomic mass is 10.1. The van der Waals surface area contributed by atoms with Crippen LogP contribution in [0.25, 0.3) is 0 Å². The first-order chi connectivity index (χ1) is 5.77. The molecule has 0 radical (unpaired) electrons. The van der Waals surface area contributed by atoms with Crippen molar-refractivity contribution in [2.75, 3.05) is 14.2 Å². The normalized spacial score (nSPS) is 18.4. The van der Waals surface area contributed by atoms with Crippen LogP contribution in [-0.4, -0.2) is 14.2 Å². The molecular weight excluding hydrogens is 152 g/mol. The molecule has 1 rings (SSSR count). The molecule has 0 amide bonds. The Morgan fingerprint density at radius 3 is 2.50 bits per heavy atom. The monoisotopic (exact) mass is 168 g/mol. The number of hydrogen-bond donors (Lipinski definition) is 0. The molecule has 0 bridgehead atoms. The minimum atomic E-state index is 0.882. The number of methoxy groups -OCH3 is 2. The zero-order valence-electron chi connectivity index (χ0n) is 8.02. The van der Waals surface area contributed by atoms with Gasteiger partial charge in [0.15, 0.2) is 5.76 Å². The van der Waals surface area contributed by atoms with Gasteiger partial charge in [-0.3, -0.25) is 0 Å². The van der Waals surface area contributed by atoms with Crippen LogP contribution >= 0.6 is 0 Å². The molecule has 68 valence electrons. The molecule has 0 saturated carbocycles. The lowest BCUT2D eigenvalue weighted by molar-refractivity contribution is 0.222. The second kappa shape index (κ2) is 4.19. The van der Waals surface area contributed by atoms with Crippen molar-refractivity contribution < 1.29 is 9.47 Å². The van der Waals surface area contributed by atoms with Gasteiger partial charge in [-0.05, 0) is 25.8 Å². The minimum Gasteiger partial charge on any atom is -0.497 e. The summed E-state index contributed by atoms with van der Waals surface area (Å²) in [6.45, 7) is 2.12. The molecule has 2 nitrogen and oxygen atoms in total. The molecule has 0 atom stereocenters. The van der Waals surface area contributed by atoms with Crippen LogP contribution in [0.2, 0.25) is 0 Å². The average molecular weight is 168 g/mol. The molecule has 0 aromatic rings. The fourth-order valence-corrected chi connectivity index (χ4v) is 1.40. The Balaban J connectivity index is 2.87. The van der Waals surface area contributed by atoms with Crippen molar-refractivity contribution in [3.63, 3.8) is 0 Å². The SMILES string of the molecule is COC1=C(OC)CCCC(C)=C1. The molecule has 0 aromatic carbocycles. The van der Waals surface area contributed by atoms with Gasteiger partial charge in [-0.2, -0.15) is 0 Å². The van der Waals surface area contributed by atoms with E-state index in [0.717, 1.165) is 30.8 Å². The maximum absolute atomic E-state index is 5.23. The van der Waals surface area contributed by atoms with E-state index in [0.29, 0.717) is 0 Å². The smallest absolute Gasteiger partial charge is 0.156 e. The van der Waals surface area contributed by atoms with Crippen molar-refractivity contribution in [2.24, 2.45) is 0 Å². The first kappa shape index (κ1) is 9.17. The summed E-state index contributed by atoms with van der Waals surface area (Å²) in [4.78, 5) is 0. The summed E-state index contributed by atoms with van der Waals surface area (Å²) in [6.07, 6.45) is 5.33. The van der Waals surface area contributed by atoms with Gasteiger partial charge in [-0.1, -0.05) is 5.57 Å². The number of allylic oxidation sites excluding steroid dienone is 3. The second-order valence-electron chi connectivity index (χ2n) is 3.04. The first-order valence-corrected chi connectivity index (χ1v) is 4.26. The van der Waals surface area contributed by atoms with Gasteiger partial charge in [0.2, 0.25) is 0 Å². The Hall–Kier alpha value is -0.920. The predicted octanol–water partition coefficient (Wildman–Crippen LogP) is 2.62. The Kier molecular flexibility index (Phi) is 3.20. The standard InChI is InChI=1S/C10H16O2/c1-8-5-4-6-9(11-2)10(7-8)12-3/h7H,4-6H2,1-3H3. The molecule has 0 heterocycles. The third-order valence-corrected chi connectivity index (χ3v) is 2.09. The van der Waals surface area contributed by atoms with Crippen LogP contribution < -0.4 is 0 Å². The van der Waals surface area contributed by atoms with E-state index in [-0.39, 0.29) is 0 Å². The average Bonchev–Trinajstić information content (AvgIpc) is 2.26. The molecule has 0 fully saturated rings. The highest BCUT2D eigenvalue weighted by atomic mass is 16.5. The summed E-state index contributed by atoms with van der Waals surface area (Å²) in [5.41, 5.74) is 1.36. The van der Waals surface area contributed by atoms with Gasteiger partial charge in [-0.15, -0.1) is 0 Å². The van der Waals surface area contributed by atoms with Crippen molar-refractivity contribution in [3.05, 3.63) is 23.2 Å². The van der Waals surface area contributed by atoms with Crippen LogP contribution in [0.4, 0.5) is 0 Å². The van der Waals surface area contributed by atoms with E-state index in [1.165, 1.54) is 5.57 Å². The maximum Gasteiger partial charge on any atom is 0.156 e. The van der Waals surface area contributed by atoms with E-state index in [4.69, 9.17) is 9.47 Å². The molecule has 12 heavy (non-hydrogen) atoms. The zero-order chi connectivity index (χ0) is 8.97. The van der Waals surface area contributed by atoms with Crippen LogP contribution in [0.1, 0.15) is 26.2 Å². The summed E-state index contributed by atoms with van der Waals surface area (Å²) in [6, 6.07) is 0. The minimum absolute atomic E-state index is 0.882. The molecule has 0 aromatic heterocycles. The van der Waals surface area contributed by atoms with E-state index < -0.39 is 0 Å². The van der Waals surface area contributed by atoms with Gasteiger partial charge >= 0.3 is 0 Å². The highest BCUT2D eigenvalue weighted by Gasteiger charge is 2.09. The summed E-state index contributed by atoms with van der Waals surface area (Å²) in [7, 11) is 3.38. The Bertz CT molecular complexity index is 214. The summed E-state index contributed by atoms with van der Waals surface area (Å²) in [5.74, 6) is 1.85. The van der Waals surface area contributed by atoms with E-state index in [9.17, 15) is 0 Å². The molecule has 0 spiro atoms. The Morgan fingerprint density at radius 1 is 1.17 bits per heavy atom. The molecule has 1 aliphatic rings. The predicted molar refractivity (Wildman–Crippen MR) is 48.7 cm³/mol. The fourth-order valence-electron chi connectivity index (χ4n) is 1.40. The second-order valence-corrected chi connectivity index (χ2v) is 3.04. The van der Waals surface area contributed by atoms with Crippen molar-refractivity contribution >= 4 is 0 Å². The molecule has 0 aliphatic heterocycles. The van der Waals surface area contributed by atoms with Gasteiger partial charge in [0.05, 0.1) is 14.2 Å². The van der Waals surface area contributed by atoms with Crippen molar-refractivity contribution in [2.45, 2.75) is 26.2 Å². The van der Waals surface area contributed by atoms with Crippen LogP contribution in [-0.2, 0) is 9.47 Å². The van der Waals surface area contributed by atoms with E-state index in [1.807, 2.05) is 0 Å². The van der Waals surface area contributed by atoms with Crippen LogP contribution in [0.3, 0.4) is 0 Å². The summed E-state index contributed by atoms with van der Waals surface area (Å²) < 4.78 is 10.5. The van der Waals surface area contributed by atoms with Gasteiger partial charge in [0, 0.05) is 6.42 Å². The summed E-state index contributed by atoms with van der Waals surface area (Å²) in [5, 5.41) is 0. The quantitative estimate of drug-likeness (QED) is 0.631. The van der Waals surface area contributed by atoms with Gasteiger partial charge in [0.1, 0.15) is 5.76 Å². The molecule has 0 N–H and O–H groups in total. The highest BCUT2D eigenvalue weighted by Crippen LogP contribution is 2.23. The van der Waals surface area contributed by atoms with Gasteiger partial charge in [0.25, 0.3) is 0 Å². The van der Waals surface area contributed by atoms with Crippen molar-refractivity contribution in [1.82, 2.24) is 0 Å². The Labute approximate surface area is 73.9 Å². The number of hydrogen-bond acceptors (Lipinski definition) is 2. The first-order valence-electron chi connectivity index (χ1n) is 4.26.